The molecular formula is C18H20F3NOS. The summed E-state index contributed by atoms with van der Waals surface area (Å²) in [6.45, 7) is 5.51. The Kier molecular flexibility index (Phi) is 5.50. The molecule has 0 spiro atoms. The third-order valence-corrected chi connectivity index (χ3v) is 5.05. The van der Waals surface area contributed by atoms with Gasteiger partial charge < -0.3 is 0 Å². The smallest absolute Gasteiger partial charge is 0.242 e. The molecule has 0 radical (unpaired) electrons. The fourth-order valence-corrected chi connectivity index (χ4v) is 2.96. The average molecular weight is 355 g/mol. The highest BCUT2D eigenvalue weighted by molar-refractivity contribution is 7.84. The molecule has 0 aliphatic heterocycles. The molecule has 0 heterocycles. The summed E-state index contributed by atoms with van der Waals surface area (Å²) < 4.78 is 53.3. The van der Waals surface area contributed by atoms with Gasteiger partial charge in [-0.05, 0) is 44.0 Å². The van der Waals surface area contributed by atoms with Gasteiger partial charge in [-0.25, -0.2) is 8.93 Å². The lowest BCUT2D eigenvalue weighted by molar-refractivity contribution is -0.137. The van der Waals surface area contributed by atoms with Crippen molar-refractivity contribution >= 4 is 11.0 Å². The van der Waals surface area contributed by atoms with Crippen LogP contribution >= 0.6 is 0 Å². The van der Waals surface area contributed by atoms with E-state index in [4.69, 9.17) is 0 Å². The molecule has 130 valence electrons. The standard InChI is InChI=1S/C18H20F3NOS/c1-17(2,3)24(23)22-16(13-7-5-4-6-8-13)14-9-11-15(12-10-14)18(19,20)21/h4-12,16,22H,1-3H3/t16-,24?/m1/s1. The topological polar surface area (TPSA) is 29.1 Å². The largest absolute Gasteiger partial charge is 0.416 e. The van der Waals surface area contributed by atoms with Gasteiger partial charge in [0.1, 0.15) is 0 Å². The van der Waals surface area contributed by atoms with Crippen molar-refractivity contribution in [1.82, 2.24) is 4.72 Å². The Labute approximate surface area is 142 Å². The van der Waals surface area contributed by atoms with Crippen LogP contribution in [0.3, 0.4) is 0 Å². The zero-order valence-electron chi connectivity index (χ0n) is 13.7. The minimum atomic E-state index is -4.37. The molecule has 0 saturated heterocycles. The van der Waals surface area contributed by atoms with Crippen LogP contribution in [-0.2, 0) is 17.2 Å². The van der Waals surface area contributed by atoms with Crippen molar-refractivity contribution in [3.8, 4) is 0 Å². The Bertz CT molecular complexity index is 691. The molecular weight excluding hydrogens is 335 g/mol. The van der Waals surface area contributed by atoms with Gasteiger partial charge in [-0.1, -0.05) is 42.5 Å². The molecule has 0 aliphatic carbocycles. The normalized spacial score (nSPS) is 15.1. The number of benzene rings is 2. The molecule has 6 heteroatoms. The van der Waals surface area contributed by atoms with Crippen molar-refractivity contribution in [3.05, 3.63) is 71.3 Å². The predicted octanol–water partition coefficient (Wildman–Crippen LogP) is 4.85. The quantitative estimate of drug-likeness (QED) is 0.835. The summed E-state index contributed by atoms with van der Waals surface area (Å²) in [7, 11) is -1.36. The van der Waals surface area contributed by atoms with E-state index < -0.39 is 33.5 Å². The molecule has 24 heavy (non-hydrogen) atoms. The maximum atomic E-state index is 12.7. The highest BCUT2D eigenvalue weighted by Gasteiger charge is 2.31. The number of hydrogen-bond donors (Lipinski definition) is 1. The van der Waals surface area contributed by atoms with Gasteiger partial charge in [0, 0.05) is 0 Å². The minimum Gasteiger partial charge on any atom is -0.242 e. The van der Waals surface area contributed by atoms with Crippen molar-refractivity contribution in [2.75, 3.05) is 0 Å². The zero-order valence-corrected chi connectivity index (χ0v) is 14.5. The molecule has 0 aliphatic rings. The summed E-state index contributed by atoms with van der Waals surface area (Å²) in [6.07, 6.45) is -4.37. The van der Waals surface area contributed by atoms with Crippen LogP contribution in [0, 0.1) is 0 Å². The van der Waals surface area contributed by atoms with Crippen molar-refractivity contribution < 1.29 is 17.4 Å². The van der Waals surface area contributed by atoms with Gasteiger partial charge >= 0.3 is 6.18 Å². The highest BCUT2D eigenvalue weighted by Crippen LogP contribution is 2.31. The lowest BCUT2D eigenvalue weighted by Crippen LogP contribution is -2.36. The monoisotopic (exact) mass is 355 g/mol. The van der Waals surface area contributed by atoms with Gasteiger partial charge in [0.25, 0.3) is 0 Å². The van der Waals surface area contributed by atoms with E-state index in [1.807, 2.05) is 51.1 Å². The van der Waals surface area contributed by atoms with E-state index in [0.717, 1.165) is 17.7 Å². The summed E-state index contributed by atoms with van der Waals surface area (Å²) >= 11 is 0. The average Bonchev–Trinajstić information content (AvgIpc) is 2.51. The number of hydrogen-bond acceptors (Lipinski definition) is 1. The molecule has 2 aromatic rings. The van der Waals surface area contributed by atoms with E-state index >= 15 is 0 Å². The lowest BCUT2D eigenvalue weighted by atomic mass is 9.98. The van der Waals surface area contributed by atoms with Gasteiger partial charge in [0.15, 0.2) is 0 Å². The third kappa shape index (κ3) is 4.68. The first-order valence-electron chi connectivity index (χ1n) is 7.49. The predicted molar refractivity (Wildman–Crippen MR) is 90.8 cm³/mol. The summed E-state index contributed by atoms with van der Waals surface area (Å²) in [6, 6.07) is 13.7. The van der Waals surface area contributed by atoms with E-state index in [1.54, 1.807) is 0 Å². The van der Waals surface area contributed by atoms with E-state index in [2.05, 4.69) is 4.72 Å². The maximum Gasteiger partial charge on any atom is 0.416 e. The molecule has 2 nitrogen and oxygen atoms in total. The van der Waals surface area contributed by atoms with Crippen molar-refractivity contribution in [3.63, 3.8) is 0 Å². The minimum absolute atomic E-state index is 0.450. The molecule has 0 saturated carbocycles. The molecule has 2 atom stereocenters. The number of rotatable bonds is 4. The molecule has 0 bridgehead atoms. The zero-order chi connectivity index (χ0) is 18.0. The number of alkyl halides is 3. The van der Waals surface area contributed by atoms with E-state index in [-0.39, 0.29) is 0 Å². The molecule has 0 fully saturated rings. The van der Waals surface area contributed by atoms with Gasteiger partial charge in [0.05, 0.1) is 27.3 Å². The molecule has 1 N–H and O–H groups in total. The first-order valence-corrected chi connectivity index (χ1v) is 8.64. The van der Waals surface area contributed by atoms with Crippen LogP contribution in [-0.4, -0.2) is 8.96 Å². The molecule has 2 aromatic carbocycles. The van der Waals surface area contributed by atoms with Gasteiger partial charge in [-0.15, -0.1) is 0 Å². The Morgan fingerprint density at radius 3 is 1.83 bits per heavy atom. The van der Waals surface area contributed by atoms with Crippen LogP contribution in [0.15, 0.2) is 54.6 Å². The van der Waals surface area contributed by atoms with Crippen LogP contribution in [0.5, 0.6) is 0 Å². The van der Waals surface area contributed by atoms with Gasteiger partial charge in [0.2, 0.25) is 0 Å². The summed E-state index contributed by atoms with van der Waals surface area (Å²) in [5.41, 5.74) is 0.775. The fraction of sp³-hybridized carbons (Fsp3) is 0.333. The van der Waals surface area contributed by atoms with Gasteiger partial charge in [-0.3, -0.25) is 0 Å². The van der Waals surface area contributed by atoms with E-state index in [9.17, 15) is 17.4 Å². The number of nitrogens with one attached hydrogen (secondary N) is 1. The third-order valence-electron chi connectivity index (χ3n) is 3.49. The second-order valence-electron chi connectivity index (χ2n) is 6.46. The molecule has 0 amide bonds. The van der Waals surface area contributed by atoms with Crippen molar-refractivity contribution in [1.29, 1.82) is 0 Å². The summed E-state index contributed by atoms with van der Waals surface area (Å²) in [5.74, 6) is 0. The van der Waals surface area contributed by atoms with E-state index in [0.29, 0.717) is 5.56 Å². The first kappa shape index (κ1) is 18.7. The second kappa shape index (κ2) is 7.07. The van der Waals surface area contributed by atoms with Crippen molar-refractivity contribution in [2.45, 2.75) is 37.7 Å². The van der Waals surface area contributed by atoms with Gasteiger partial charge in [-0.2, -0.15) is 13.2 Å². The Morgan fingerprint density at radius 1 is 0.875 bits per heavy atom. The molecule has 1 unspecified atom stereocenters. The Morgan fingerprint density at radius 2 is 1.38 bits per heavy atom. The molecule has 0 aromatic heterocycles. The van der Waals surface area contributed by atoms with Crippen LogP contribution in [0.2, 0.25) is 0 Å². The SMILES string of the molecule is CC(C)(C)S(=O)N[C@H](c1ccccc1)c1ccc(C(F)(F)F)cc1. The molecule has 2 rings (SSSR count). The summed E-state index contributed by atoms with van der Waals surface area (Å²) in [5, 5.41) is 0. The van der Waals surface area contributed by atoms with Crippen LogP contribution in [0.25, 0.3) is 0 Å². The van der Waals surface area contributed by atoms with Crippen LogP contribution < -0.4 is 4.72 Å². The van der Waals surface area contributed by atoms with E-state index in [1.165, 1.54) is 12.1 Å². The maximum absolute atomic E-state index is 12.7. The van der Waals surface area contributed by atoms with Crippen LogP contribution in [0.1, 0.15) is 43.5 Å². The second-order valence-corrected chi connectivity index (χ2v) is 8.46. The fourth-order valence-electron chi connectivity index (χ4n) is 2.12. The Hall–Kier alpha value is -1.66. The highest BCUT2D eigenvalue weighted by atomic mass is 32.2. The Balaban J connectivity index is 2.38. The summed E-state index contributed by atoms with van der Waals surface area (Å²) in [4.78, 5) is 0. The lowest BCUT2D eigenvalue weighted by Gasteiger charge is -2.25. The van der Waals surface area contributed by atoms with Crippen LogP contribution in [0.4, 0.5) is 13.2 Å². The number of halogens is 3. The van der Waals surface area contributed by atoms with Crippen molar-refractivity contribution in [2.24, 2.45) is 0 Å². The first-order chi connectivity index (χ1) is 11.1.